The zero-order chi connectivity index (χ0) is 52.9. The van der Waals surface area contributed by atoms with Crippen LogP contribution in [0.1, 0.15) is 94.4 Å². The van der Waals surface area contributed by atoms with Crippen molar-refractivity contribution in [1.29, 1.82) is 0 Å². The van der Waals surface area contributed by atoms with Crippen molar-refractivity contribution >= 4 is 24.0 Å². The van der Waals surface area contributed by atoms with Crippen molar-refractivity contribution in [1.82, 2.24) is 4.90 Å². The van der Waals surface area contributed by atoms with E-state index in [2.05, 4.69) is 0 Å². The molecule has 0 aromatic rings. The molecule has 0 spiro atoms. The summed E-state index contributed by atoms with van der Waals surface area (Å²) in [6.45, 7) is 14.8. The molecule has 0 aromatic carbocycles. The second-order valence-electron chi connectivity index (χ2n) is 19.8. The summed E-state index contributed by atoms with van der Waals surface area (Å²) < 4.78 is 54.7. The first-order chi connectivity index (χ1) is 32.7. The minimum absolute atomic E-state index is 0.00788. The minimum atomic E-state index is -1.49. The van der Waals surface area contributed by atoms with Crippen molar-refractivity contribution in [2.75, 3.05) is 34.9 Å². The standard InChI is InChI=1S/C46H77NO17.C3H6O3/c1-13-33-30(22-58-45-42(57-12)41(56-11)37(52)26(5)60-45)18-23(2)14-15-31(49)24(3)19-29(16-17-48)39(25(4)32(50)20-34(51)62-33)64-44-38(53)36(47(9)10)40(27(6)61-44)63-35-21-46(8,55)43(54)28(7)59-35;1-2(4)3(5)6/h14-15,17-18,24-30,32-33,35-45,50,52-55H,13,16,19-22H2,1-12H3;2,4H,1H3,(H,5,6)/b15-14+,23-18+;/t24-,25+,26-,27-,28+,29+,30?,32-,33-,35+,36-,37-,38-,39-,40-,41-,42-,43+,44+,45-,46-;/m1./s1. The number of hydrogen-bond donors (Lipinski definition) is 7. The Kier molecular flexibility index (Phi) is 24.6. The molecule has 7 N–H and O–H groups in total. The molecule has 4 rings (SSSR count). The number of methoxy groups -OCH3 is 2. The fourth-order valence-electron chi connectivity index (χ4n) is 9.51. The van der Waals surface area contributed by atoms with Gasteiger partial charge in [0.1, 0.15) is 55.1 Å². The third-order valence-corrected chi connectivity index (χ3v) is 13.8. The van der Waals surface area contributed by atoms with Crippen molar-refractivity contribution in [3.05, 3.63) is 23.8 Å². The van der Waals surface area contributed by atoms with E-state index in [0.29, 0.717) is 12.0 Å². The Labute approximate surface area is 412 Å². The Hall–Kier alpha value is -2.84. The molecule has 0 aliphatic carbocycles. The van der Waals surface area contributed by atoms with Crippen LogP contribution in [0.4, 0.5) is 0 Å². The number of rotatable bonds is 14. The molecule has 3 fully saturated rings. The number of esters is 1. The Morgan fingerprint density at radius 3 is 2.06 bits per heavy atom. The number of aldehydes is 1. The average molecular weight is 1010 g/mol. The smallest absolute Gasteiger partial charge is 0.332 e. The molecule has 404 valence electrons. The second-order valence-corrected chi connectivity index (χ2v) is 19.8. The van der Waals surface area contributed by atoms with E-state index >= 15 is 0 Å². The van der Waals surface area contributed by atoms with Gasteiger partial charge in [0.15, 0.2) is 24.7 Å². The van der Waals surface area contributed by atoms with Crippen molar-refractivity contribution in [2.45, 2.75) is 204 Å². The van der Waals surface area contributed by atoms with Gasteiger partial charge in [-0.1, -0.05) is 38.5 Å². The lowest BCUT2D eigenvalue weighted by atomic mass is 9.79. The van der Waals surface area contributed by atoms with Crippen molar-refractivity contribution < 1.29 is 97.6 Å². The summed E-state index contributed by atoms with van der Waals surface area (Å²) in [5, 5.41) is 71.5. The number of aliphatic hydroxyl groups excluding tert-OH is 5. The molecule has 22 atom stereocenters. The van der Waals surface area contributed by atoms with E-state index in [-0.39, 0.29) is 31.7 Å². The van der Waals surface area contributed by atoms with E-state index in [1.165, 1.54) is 34.1 Å². The maximum absolute atomic E-state index is 13.8. The summed E-state index contributed by atoms with van der Waals surface area (Å²) >= 11 is 0. The highest BCUT2D eigenvalue weighted by Crippen LogP contribution is 2.37. The molecule has 21 heteroatoms. The normalized spacial score (nSPS) is 43.2. The molecule has 2 unspecified atom stereocenters. The van der Waals surface area contributed by atoms with Crippen LogP contribution in [0.25, 0.3) is 0 Å². The van der Waals surface area contributed by atoms with Crippen molar-refractivity contribution in [3.8, 4) is 0 Å². The summed E-state index contributed by atoms with van der Waals surface area (Å²) in [5.41, 5.74) is -0.806. The van der Waals surface area contributed by atoms with Crippen LogP contribution in [-0.4, -0.2) is 209 Å². The highest BCUT2D eigenvalue weighted by Gasteiger charge is 2.52. The van der Waals surface area contributed by atoms with E-state index in [4.69, 9.17) is 52.8 Å². The summed E-state index contributed by atoms with van der Waals surface area (Å²) in [5.74, 6) is -4.77. The molecular formula is C49H83NO20. The van der Waals surface area contributed by atoms with Gasteiger partial charge in [-0.15, -0.1) is 0 Å². The largest absolute Gasteiger partial charge is 0.479 e. The first-order valence-corrected chi connectivity index (χ1v) is 24.2. The Morgan fingerprint density at radius 2 is 1.51 bits per heavy atom. The first-order valence-electron chi connectivity index (χ1n) is 24.2. The molecule has 70 heavy (non-hydrogen) atoms. The van der Waals surface area contributed by atoms with Crippen LogP contribution in [0.2, 0.25) is 0 Å². The van der Waals surface area contributed by atoms with Crippen LogP contribution in [-0.2, 0) is 61.8 Å². The molecule has 21 nitrogen and oxygen atoms in total. The number of ketones is 1. The molecular weight excluding hydrogens is 923 g/mol. The average Bonchev–Trinajstić information content (AvgIpc) is 3.28. The Morgan fingerprint density at radius 1 is 0.900 bits per heavy atom. The quantitative estimate of drug-likeness (QED) is 0.0953. The van der Waals surface area contributed by atoms with Gasteiger partial charge in [-0.25, -0.2) is 4.79 Å². The fraction of sp³-hybridized carbons (Fsp3) is 0.837. The monoisotopic (exact) mass is 1010 g/mol. The number of aliphatic carboxylic acids is 1. The summed E-state index contributed by atoms with van der Waals surface area (Å²) in [7, 11) is 6.43. The predicted molar refractivity (Wildman–Crippen MR) is 250 cm³/mol. The predicted octanol–water partition coefficient (Wildman–Crippen LogP) is 1.29. The first kappa shape index (κ1) is 61.5. The Balaban J connectivity index is 0.00000202. The number of aliphatic hydroxyl groups is 6. The van der Waals surface area contributed by atoms with Gasteiger partial charge in [0.05, 0.1) is 55.2 Å². The molecule has 4 aliphatic heterocycles. The van der Waals surface area contributed by atoms with Crippen LogP contribution in [0, 0.1) is 23.7 Å². The number of allylic oxidation sites excluding steroid dienone is 3. The zero-order valence-corrected chi connectivity index (χ0v) is 43.1. The van der Waals surface area contributed by atoms with Crippen LogP contribution in [0.15, 0.2) is 23.8 Å². The van der Waals surface area contributed by atoms with E-state index in [9.17, 15) is 44.7 Å². The van der Waals surface area contributed by atoms with Gasteiger partial charge in [0.2, 0.25) is 0 Å². The number of hydrogen-bond acceptors (Lipinski definition) is 20. The van der Waals surface area contributed by atoms with Gasteiger partial charge >= 0.3 is 11.9 Å². The summed E-state index contributed by atoms with van der Waals surface area (Å²) in [6, 6.07) is -0.748. The van der Waals surface area contributed by atoms with Gasteiger partial charge in [0, 0.05) is 44.8 Å². The van der Waals surface area contributed by atoms with Gasteiger partial charge in [-0.05, 0) is 80.5 Å². The lowest BCUT2D eigenvalue weighted by Crippen LogP contribution is -2.65. The highest BCUT2D eigenvalue weighted by molar-refractivity contribution is 5.91. The lowest BCUT2D eigenvalue weighted by molar-refractivity contribution is -0.341. The molecule has 0 saturated carbocycles. The lowest BCUT2D eigenvalue weighted by Gasteiger charge is -2.50. The number of carbonyl (C=O) groups excluding carboxylic acids is 3. The third-order valence-electron chi connectivity index (χ3n) is 13.8. The van der Waals surface area contributed by atoms with Gasteiger partial charge in [-0.2, -0.15) is 0 Å². The van der Waals surface area contributed by atoms with E-state index in [0.717, 1.165) is 6.29 Å². The highest BCUT2D eigenvalue weighted by atomic mass is 16.7. The number of carboxylic acid groups (broad SMARTS) is 1. The Bertz CT molecular complexity index is 1710. The topological polar surface area (TPSA) is 296 Å². The van der Waals surface area contributed by atoms with Crippen molar-refractivity contribution in [2.24, 2.45) is 23.7 Å². The molecule has 0 radical (unpaired) electrons. The molecule has 4 aliphatic rings. The fourth-order valence-corrected chi connectivity index (χ4v) is 9.51. The van der Waals surface area contributed by atoms with Gasteiger partial charge in [-0.3, -0.25) is 9.59 Å². The van der Waals surface area contributed by atoms with Crippen LogP contribution in [0.3, 0.4) is 0 Å². The second kappa shape index (κ2) is 28.0. The van der Waals surface area contributed by atoms with E-state index in [1.807, 2.05) is 19.9 Å². The molecule has 0 amide bonds. The van der Waals surface area contributed by atoms with Crippen LogP contribution in [0.5, 0.6) is 0 Å². The SMILES string of the molecule is CC(O)C(=O)O.CC[C@H]1OC(=O)C[C@@H](O)[C@H](C)[C@@H](O[C@@H]2O[C@H](C)[C@@H](O[C@H]3C[C@@](C)(O)[C@@H](O)[C@H](C)O3)[C@H](N(C)C)[C@H]2O)[C@@H](CC=O)C[C@@H](C)C(=O)/C=C/C(C)=C/C1CO[C@@H]1O[C@H](C)[C@@H](O)[C@@H](OC)[C@H]1OC. The van der Waals surface area contributed by atoms with Gasteiger partial charge in [0.25, 0.3) is 0 Å². The number of ether oxygens (including phenoxy) is 9. The van der Waals surface area contributed by atoms with E-state index in [1.54, 1.807) is 59.7 Å². The molecule has 0 bridgehead atoms. The van der Waals surface area contributed by atoms with Gasteiger partial charge < -0.3 is 88.1 Å². The summed E-state index contributed by atoms with van der Waals surface area (Å²) in [4.78, 5) is 51.0. The van der Waals surface area contributed by atoms with Crippen LogP contribution < -0.4 is 0 Å². The number of carboxylic acids is 1. The maximum Gasteiger partial charge on any atom is 0.332 e. The summed E-state index contributed by atoms with van der Waals surface area (Å²) in [6.07, 6.45) is -9.72. The molecule has 3 saturated heterocycles. The zero-order valence-electron chi connectivity index (χ0n) is 43.1. The van der Waals surface area contributed by atoms with Crippen LogP contribution >= 0.6 is 0 Å². The number of carbonyl (C=O) groups is 4. The van der Waals surface area contributed by atoms with E-state index < -0.39 is 152 Å². The third kappa shape index (κ3) is 16.6. The maximum atomic E-state index is 13.8. The number of nitrogens with zero attached hydrogens (tertiary/aromatic N) is 1. The number of likely N-dealkylation sites (N-methyl/N-ethyl adjacent to an activating group) is 1. The molecule has 4 heterocycles. The van der Waals surface area contributed by atoms with Crippen molar-refractivity contribution in [3.63, 3.8) is 0 Å². The minimum Gasteiger partial charge on any atom is -0.479 e. The molecule has 0 aromatic heterocycles. The number of cyclic esters (lactones) is 1.